The van der Waals surface area contributed by atoms with Crippen molar-refractivity contribution < 1.29 is 0 Å². The zero-order valence-corrected chi connectivity index (χ0v) is 9.79. The van der Waals surface area contributed by atoms with E-state index in [1.165, 1.54) is 17.7 Å². The van der Waals surface area contributed by atoms with E-state index in [1.807, 2.05) is 12.5 Å². The first-order valence-electron chi connectivity index (χ1n) is 6.16. The highest BCUT2D eigenvalue weighted by Gasteiger charge is 2.40. The molecule has 1 aromatic carbocycles. The Hall–Kier alpha value is -1.61. The van der Waals surface area contributed by atoms with Gasteiger partial charge in [-0.3, -0.25) is 0 Å². The fourth-order valence-corrected chi connectivity index (χ4v) is 2.52. The summed E-state index contributed by atoms with van der Waals surface area (Å²) in [6.45, 7) is 0.689. The third-order valence-corrected chi connectivity index (χ3v) is 3.49. The average Bonchev–Trinajstić information content (AvgIpc) is 3.04. The van der Waals surface area contributed by atoms with Crippen molar-refractivity contribution in [1.82, 2.24) is 9.55 Å². The van der Waals surface area contributed by atoms with Crippen molar-refractivity contribution >= 4 is 0 Å². The average molecular weight is 227 g/mol. The summed E-state index contributed by atoms with van der Waals surface area (Å²) in [5, 5.41) is 0. The van der Waals surface area contributed by atoms with Gasteiger partial charge in [-0.15, -0.1) is 0 Å². The Morgan fingerprint density at radius 2 is 2.12 bits per heavy atom. The molecule has 0 bridgehead atoms. The number of hydrogen-bond acceptors (Lipinski definition) is 2. The number of nitrogens with two attached hydrogens (primary N) is 1. The van der Waals surface area contributed by atoms with E-state index in [0.717, 1.165) is 6.42 Å². The predicted molar refractivity (Wildman–Crippen MR) is 67.8 cm³/mol. The molecule has 0 amide bonds. The second-order valence-electron chi connectivity index (χ2n) is 4.65. The Morgan fingerprint density at radius 3 is 2.88 bits per heavy atom. The van der Waals surface area contributed by atoms with E-state index in [9.17, 15) is 0 Å². The van der Waals surface area contributed by atoms with Gasteiger partial charge in [-0.05, 0) is 18.5 Å². The molecule has 0 aliphatic heterocycles. The molecule has 3 heteroatoms. The van der Waals surface area contributed by atoms with Gasteiger partial charge < -0.3 is 10.3 Å². The molecule has 17 heavy (non-hydrogen) atoms. The van der Waals surface area contributed by atoms with Crippen LogP contribution in [0, 0.1) is 0 Å². The van der Waals surface area contributed by atoms with Crippen molar-refractivity contribution in [1.29, 1.82) is 0 Å². The van der Waals surface area contributed by atoms with E-state index in [-0.39, 0.29) is 0 Å². The van der Waals surface area contributed by atoms with Crippen LogP contribution in [0.1, 0.15) is 29.6 Å². The lowest BCUT2D eigenvalue weighted by Gasteiger charge is -2.06. The molecule has 0 radical (unpaired) electrons. The molecule has 1 aliphatic carbocycles. The van der Waals surface area contributed by atoms with Crippen molar-refractivity contribution in [2.24, 2.45) is 5.73 Å². The Bertz CT molecular complexity index is 489. The number of rotatable bonds is 4. The first-order valence-corrected chi connectivity index (χ1v) is 6.16. The summed E-state index contributed by atoms with van der Waals surface area (Å²) < 4.78 is 2.30. The van der Waals surface area contributed by atoms with E-state index in [1.54, 1.807) is 0 Å². The van der Waals surface area contributed by atoms with Crippen molar-refractivity contribution in [3.8, 4) is 0 Å². The third kappa shape index (κ3) is 1.98. The van der Waals surface area contributed by atoms with Crippen LogP contribution >= 0.6 is 0 Å². The van der Waals surface area contributed by atoms with Gasteiger partial charge >= 0.3 is 0 Å². The zero-order valence-electron chi connectivity index (χ0n) is 9.79. The largest absolute Gasteiger partial charge is 0.331 e. The maximum absolute atomic E-state index is 5.61. The first-order chi connectivity index (χ1) is 8.40. The molecule has 1 fully saturated rings. The highest BCUT2D eigenvalue weighted by atomic mass is 15.1. The number of benzene rings is 1. The topological polar surface area (TPSA) is 43.8 Å². The van der Waals surface area contributed by atoms with Gasteiger partial charge in [0, 0.05) is 30.3 Å². The summed E-state index contributed by atoms with van der Waals surface area (Å²) >= 11 is 0. The normalized spacial score (nSPS) is 22.6. The van der Waals surface area contributed by atoms with Crippen LogP contribution in [-0.2, 0) is 6.42 Å². The minimum Gasteiger partial charge on any atom is -0.331 e. The summed E-state index contributed by atoms with van der Waals surface area (Å²) in [5.41, 5.74) is 8.31. The van der Waals surface area contributed by atoms with Crippen LogP contribution in [0.25, 0.3) is 0 Å². The van der Waals surface area contributed by atoms with E-state index in [0.29, 0.717) is 18.5 Å². The maximum Gasteiger partial charge on any atom is 0.0951 e. The van der Waals surface area contributed by atoms with Gasteiger partial charge in [0.1, 0.15) is 0 Å². The first kappa shape index (κ1) is 10.5. The molecule has 88 valence electrons. The highest BCUT2D eigenvalue weighted by Crippen LogP contribution is 2.51. The molecular weight excluding hydrogens is 210 g/mol. The van der Waals surface area contributed by atoms with Crippen LogP contribution < -0.4 is 5.73 Å². The van der Waals surface area contributed by atoms with Crippen LogP contribution in [0.4, 0.5) is 0 Å². The van der Waals surface area contributed by atoms with Crippen LogP contribution in [0.5, 0.6) is 0 Å². The standard InChI is InChI=1S/C14H17N3/c15-7-6-12-9-16-10-17(12)14-8-13(14)11-4-2-1-3-5-11/h1-5,9-10,13-14H,6-8,15H2. The van der Waals surface area contributed by atoms with Crippen LogP contribution in [0.15, 0.2) is 42.9 Å². The maximum atomic E-state index is 5.61. The van der Waals surface area contributed by atoms with E-state index < -0.39 is 0 Å². The zero-order chi connectivity index (χ0) is 11.7. The van der Waals surface area contributed by atoms with Gasteiger partial charge in [-0.2, -0.15) is 0 Å². The molecule has 1 heterocycles. The lowest BCUT2D eigenvalue weighted by Crippen LogP contribution is -2.08. The Morgan fingerprint density at radius 1 is 1.29 bits per heavy atom. The van der Waals surface area contributed by atoms with Crippen molar-refractivity contribution in [2.75, 3.05) is 6.54 Å². The van der Waals surface area contributed by atoms with Crippen LogP contribution in [-0.4, -0.2) is 16.1 Å². The molecule has 3 nitrogen and oxygen atoms in total. The van der Waals surface area contributed by atoms with E-state index >= 15 is 0 Å². The number of aromatic nitrogens is 2. The summed E-state index contributed by atoms with van der Waals surface area (Å²) in [5.74, 6) is 0.655. The van der Waals surface area contributed by atoms with Crippen molar-refractivity contribution in [3.63, 3.8) is 0 Å². The molecular formula is C14H17N3. The van der Waals surface area contributed by atoms with Gasteiger partial charge in [0.05, 0.1) is 6.33 Å². The quantitative estimate of drug-likeness (QED) is 0.869. The molecule has 3 rings (SSSR count). The lowest BCUT2D eigenvalue weighted by atomic mass is 10.1. The number of imidazole rings is 1. The number of hydrogen-bond donors (Lipinski definition) is 1. The lowest BCUT2D eigenvalue weighted by molar-refractivity contribution is 0.672. The molecule has 0 saturated heterocycles. The van der Waals surface area contributed by atoms with E-state index in [2.05, 4.69) is 39.9 Å². The fourth-order valence-electron chi connectivity index (χ4n) is 2.52. The summed E-state index contributed by atoms with van der Waals surface area (Å²) in [7, 11) is 0. The van der Waals surface area contributed by atoms with Gasteiger partial charge in [0.25, 0.3) is 0 Å². The van der Waals surface area contributed by atoms with Gasteiger partial charge in [-0.25, -0.2) is 4.98 Å². The van der Waals surface area contributed by atoms with Crippen LogP contribution in [0.2, 0.25) is 0 Å². The molecule has 1 aromatic heterocycles. The third-order valence-electron chi connectivity index (χ3n) is 3.49. The molecule has 2 aromatic rings. The number of nitrogens with zero attached hydrogens (tertiary/aromatic N) is 2. The summed E-state index contributed by atoms with van der Waals surface area (Å²) in [6.07, 6.45) is 6.02. The van der Waals surface area contributed by atoms with Crippen LogP contribution in [0.3, 0.4) is 0 Å². The summed E-state index contributed by atoms with van der Waals surface area (Å²) in [4.78, 5) is 4.24. The van der Waals surface area contributed by atoms with Gasteiger partial charge in [0.15, 0.2) is 0 Å². The van der Waals surface area contributed by atoms with E-state index in [4.69, 9.17) is 5.73 Å². The Kier molecular flexibility index (Phi) is 2.69. The smallest absolute Gasteiger partial charge is 0.0951 e. The molecule has 2 atom stereocenters. The Balaban J connectivity index is 1.78. The molecule has 0 spiro atoms. The van der Waals surface area contributed by atoms with Crippen molar-refractivity contribution in [2.45, 2.75) is 24.8 Å². The van der Waals surface area contributed by atoms with Gasteiger partial charge in [-0.1, -0.05) is 30.3 Å². The van der Waals surface area contributed by atoms with Gasteiger partial charge in [0.2, 0.25) is 0 Å². The molecule has 2 N–H and O–H groups in total. The highest BCUT2D eigenvalue weighted by molar-refractivity contribution is 5.27. The fraction of sp³-hybridized carbons (Fsp3) is 0.357. The second kappa shape index (κ2) is 4.34. The van der Waals surface area contributed by atoms with Crippen molar-refractivity contribution in [3.05, 3.63) is 54.1 Å². The minimum absolute atomic E-state index is 0.585. The molecule has 1 saturated carbocycles. The molecule has 2 unspecified atom stereocenters. The second-order valence-corrected chi connectivity index (χ2v) is 4.65. The minimum atomic E-state index is 0.585. The molecule has 1 aliphatic rings. The predicted octanol–water partition coefficient (Wildman–Crippen LogP) is 2.11. The summed E-state index contributed by atoms with van der Waals surface area (Å²) in [6, 6.07) is 11.3. The Labute approximate surface area is 101 Å². The SMILES string of the molecule is NCCc1cncn1C1CC1c1ccccc1. The monoisotopic (exact) mass is 227 g/mol.